The molecule has 0 aliphatic rings. The molecule has 0 bridgehead atoms. The molecule has 18 heavy (non-hydrogen) atoms. The lowest BCUT2D eigenvalue weighted by molar-refractivity contribution is 0.0696. The number of carbonyl (C=O) groups is 1. The zero-order valence-corrected chi connectivity index (χ0v) is 10.2. The van der Waals surface area contributed by atoms with E-state index in [2.05, 4.69) is 10.2 Å². The number of aryl methyl sites for hydroxylation is 3. The van der Waals surface area contributed by atoms with Crippen molar-refractivity contribution in [3.63, 3.8) is 0 Å². The zero-order chi connectivity index (χ0) is 13.4. The van der Waals surface area contributed by atoms with E-state index in [9.17, 15) is 4.79 Å². The minimum absolute atomic E-state index is 0.109. The zero-order valence-electron chi connectivity index (χ0n) is 10.2. The van der Waals surface area contributed by atoms with Crippen molar-refractivity contribution in [2.75, 3.05) is 0 Å². The van der Waals surface area contributed by atoms with Gasteiger partial charge >= 0.3 is 5.97 Å². The van der Waals surface area contributed by atoms with Gasteiger partial charge in [0.15, 0.2) is 5.82 Å². The van der Waals surface area contributed by atoms with Crippen LogP contribution in [0.25, 0.3) is 5.82 Å². The van der Waals surface area contributed by atoms with E-state index in [1.165, 1.54) is 15.6 Å². The summed E-state index contributed by atoms with van der Waals surface area (Å²) in [6, 6.07) is 2.05. The van der Waals surface area contributed by atoms with Crippen LogP contribution in [0.1, 0.15) is 27.3 Å². The summed E-state index contributed by atoms with van der Waals surface area (Å²) in [5.74, 6) is -0.582. The highest BCUT2D eigenvalue weighted by molar-refractivity contribution is 5.88. The molecular weight excluding hydrogens is 234 g/mol. The van der Waals surface area contributed by atoms with Crippen LogP contribution in [0.3, 0.4) is 0 Å². The van der Waals surface area contributed by atoms with Crippen LogP contribution in [0.2, 0.25) is 0 Å². The summed E-state index contributed by atoms with van der Waals surface area (Å²) in [6.07, 6.45) is 1.38. The van der Waals surface area contributed by atoms with Crippen LogP contribution in [-0.2, 0) is 7.05 Å². The summed E-state index contributed by atoms with van der Waals surface area (Å²) in [4.78, 5) is 11.0. The van der Waals surface area contributed by atoms with Gasteiger partial charge < -0.3 is 5.11 Å². The Morgan fingerprint density at radius 2 is 2.06 bits per heavy atom. The van der Waals surface area contributed by atoms with E-state index in [0.29, 0.717) is 22.8 Å². The molecule has 92 valence electrons. The van der Waals surface area contributed by atoms with Gasteiger partial charge in [-0.3, -0.25) is 0 Å². The molecule has 7 nitrogen and oxygen atoms in total. The number of aromatic nitrogens is 4. The van der Waals surface area contributed by atoms with Gasteiger partial charge in [0, 0.05) is 13.2 Å². The number of aromatic carboxylic acids is 1. The Hall–Kier alpha value is -2.62. The van der Waals surface area contributed by atoms with Crippen molar-refractivity contribution < 1.29 is 9.90 Å². The largest absolute Gasteiger partial charge is 0.478 e. The van der Waals surface area contributed by atoms with Crippen molar-refractivity contribution in [3.8, 4) is 11.9 Å². The summed E-state index contributed by atoms with van der Waals surface area (Å²) < 4.78 is 2.88. The standard InChI is InChI=1S/C11H11N5O2/c1-6-8(4-12)10(15(3)13-6)16-5-9(11(17)18)7(2)14-16/h5H,1-3H3,(H,17,18). The fraction of sp³-hybridized carbons (Fsp3) is 0.273. The van der Waals surface area contributed by atoms with Gasteiger partial charge in [0.1, 0.15) is 17.2 Å². The molecule has 2 aromatic heterocycles. The Kier molecular flexibility index (Phi) is 2.63. The lowest BCUT2D eigenvalue weighted by Crippen LogP contribution is -2.05. The minimum Gasteiger partial charge on any atom is -0.478 e. The molecule has 2 heterocycles. The summed E-state index contributed by atoms with van der Waals surface area (Å²) >= 11 is 0. The highest BCUT2D eigenvalue weighted by Gasteiger charge is 2.19. The lowest BCUT2D eigenvalue weighted by atomic mass is 10.2. The number of nitrogens with zero attached hydrogens (tertiary/aromatic N) is 5. The average Bonchev–Trinajstić information content (AvgIpc) is 2.78. The maximum absolute atomic E-state index is 11.0. The van der Waals surface area contributed by atoms with Crippen molar-refractivity contribution >= 4 is 5.97 Å². The number of carboxylic acid groups (broad SMARTS) is 1. The molecule has 0 radical (unpaired) electrons. The molecule has 0 spiro atoms. The third kappa shape index (κ3) is 1.64. The SMILES string of the molecule is Cc1nn(-c2c(C#N)c(C)nn2C)cc1C(=O)O. The number of nitriles is 1. The lowest BCUT2D eigenvalue weighted by Gasteiger charge is -2.01. The van der Waals surface area contributed by atoms with Crippen molar-refractivity contribution in [2.45, 2.75) is 13.8 Å². The maximum atomic E-state index is 11.0. The van der Waals surface area contributed by atoms with E-state index < -0.39 is 5.97 Å². The highest BCUT2D eigenvalue weighted by atomic mass is 16.4. The molecule has 0 saturated carbocycles. The molecule has 0 aliphatic carbocycles. The summed E-state index contributed by atoms with van der Waals surface area (Å²) in [5, 5.41) is 26.3. The van der Waals surface area contributed by atoms with Crippen molar-refractivity contribution in [1.82, 2.24) is 19.6 Å². The Morgan fingerprint density at radius 1 is 1.39 bits per heavy atom. The monoisotopic (exact) mass is 245 g/mol. The van der Waals surface area contributed by atoms with Crippen LogP contribution in [0.4, 0.5) is 0 Å². The number of rotatable bonds is 2. The Morgan fingerprint density at radius 3 is 2.56 bits per heavy atom. The average molecular weight is 245 g/mol. The molecule has 0 aromatic carbocycles. The fourth-order valence-corrected chi connectivity index (χ4v) is 1.82. The quantitative estimate of drug-likeness (QED) is 0.843. The molecule has 7 heteroatoms. The molecule has 2 aromatic rings. The first-order valence-corrected chi connectivity index (χ1v) is 5.19. The number of hydrogen-bond acceptors (Lipinski definition) is 4. The van der Waals surface area contributed by atoms with E-state index in [-0.39, 0.29) is 5.56 Å². The molecule has 0 atom stereocenters. The van der Waals surface area contributed by atoms with Crippen LogP contribution in [0.5, 0.6) is 0 Å². The topological polar surface area (TPSA) is 96.7 Å². The van der Waals surface area contributed by atoms with Gasteiger partial charge in [-0.1, -0.05) is 0 Å². The van der Waals surface area contributed by atoms with Crippen molar-refractivity contribution in [3.05, 3.63) is 28.7 Å². The summed E-state index contributed by atoms with van der Waals surface area (Å²) in [7, 11) is 1.68. The van der Waals surface area contributed by atoms with Crippen molar-refractivity contribution in [1.29, 1.82) is 5.26 Å². The van der Waals surface area contributed by atoms with Crippen LogP contribution in [0.15, 0.2) is 6.20 Å². The van der Waals surface area contributed by atoms with E-state index in [1.54, 1.807) is 20.9 Å². The maximum Gasteiger partial charge on any atom is 0.339 e. The molecule has 0 amide bonds. The van der Waals surface area contributed by atoms with Crippen LogP contribution in [-0.4, -0.2) is 30.6 Å². The molecule has 0 unspecified atom stereocenters. The van der Waals surface area contributed by atoms with Gasteiger partial charge in [-0.25, -0.2) is 14.2 Å². The first-order valence-electron chi connectivity index (χ1n) is 5.19. The number of carboxylic acids is 1. The molecule has 1 N–H and O–H groups in total. The minimum atomic E-state index is -1.05. The van der Waals surface area contributed by atoms with Gasteiger partial charge in [0.2, 0.25) is 0 Å². The Labute approximate surface area is 103 Å². The van der Waals surface area contributed by atoms with E-state index in [1.807, 2.05) is 6.07 Å². The Bertz CT molecular complexity index is 674. The molecule has 0 aliphatic heterocycles. The second-order valence-electron chi connectivity index (χ2n) is 3.90. The molecule has 0 fully saturated rings. The third-order valence-corrected chi connectivity index (χ3v) is 2.65. The third-order valence-electron chi connectivity index (χ3n) is 2.65. The fourth-order valence-electron chi connectivity index (χ4n) is 1.82. The van der Waals surface area contributed by atoms with E-state index in [0.717, 1.165) is 0 Å². The van der Waals surface area contributed by atoms with Crippen LogP contribution in [0, 0.1) is 25.2 Å². The van der Waals surface area contributed by atoms with Gasteiger partial charge in [-0.05, 0) is 13.8 Å². The van der Waals surface area contributed by atoms with E-state index in [4.69, 9.17) is 10.4 Å². The van der Waals surface area contributed by atoms with Crippen LogP contribution < -0.4 is 0 Å². The summed E-state index contributed by atoms with van der Waals surface area (Å²) in [6.45, 7) is 3.33. The van der Waals surface area contributed by atoms with Gasteiger partial charge in [0.05, 0.1) is 11.4 Å². The summed E-state index contributed by atoms with van der Waals surface area (Å²) in [5.41, 5.74) is 1.47. The predicted molar refractivity (Wildman–Crippen MR) is 61.5 cm³/mol. The van der Waals surface area contributed by atoms with Crippen molar-refractivity contribution in [2.24, 2.45) is 7.05 Å². The van der Waals surface area contributed by atoms with Gasteiger partial charge in [0.25, 0.3) is 0 Å². The molecule has 2 rings (SSSR count). The normalized spacial score (nSPS) is 10.3. The smallest absolute Gasteiger partial charge is 0.339 e. The van der Waals surface area contributed by atoms with Gasteiger partial charge in [-0.15, -0.1) is 0 Å². The molecule has 0 saturated heterocycles. The Balaban J connectivity index is 2.67. The van der Waals surface area contributed by atoms with Crippen LogP contribution >= 0.6 is 0 Å². The number of hydrogen-bond donors (Lipinski definition) is 1. The second kappa shape index (κ2) is 4.00. The predicted octanol–water partition coefficient (Wildman–Crippen LogP) is 0.793. The highest BCUT2D eigenvalue weighted by Crippen LogP contribution is 2.18. The second-order valence-corrected chi connectivity index (χ2v) is 3.90. The first-order chi connectivity index (χ1) is 8.45. The molecular formula is C11H11N5O2. The van der Waals surface area contributed by atoms with E-state index >= 15 is 0 Å². The van der Waals surface area contributed by atoms with Gasteiger partial charge in [-0.2, -0.15) is 15.5 Å². The first kappa shape index (κ1) is 11.9.